The molecule has 0 radical (unpaired) electrons. The summed E-state index contributed by atoms with van der Waals surface area (Å²) in [5.74, 6) is -2.08. The number of aromatic amines is 1. The molecule has 190 valence electrons. The Morgan fingerprint density at radius 3 is 2.65 bits per heavy atom. The van der Waals surface area contributed by atoms with E-state index in [4.69, 9.17) is 11.6 Å². The van der Waals surface area contributed by atoms with Gasteiger partial charge in [0, 0.05) is 45.5 Å². The predicted octanol–water partition coefficient (Wildman–Crippen LogP) is 4.43. The van der Waals surface area contributed by atoms with Crippen molar-refractivity contribution in [1.29, 1.82) is 0 Å². The summed E-state index contributed by atoms with van der Waals surface area (Å²) < 4.78 is 0. The zero-order valence-electron chi connectivity index (χ0n) is 20.6. The third-order valence-electron chi connectivity index (χ3n) is 9.07. The molecule has 7 nitrogen and oxygen atoms in total. The van der Waals surface area contributed by atoms with Gasteiger partial charge >= 0.3 is 0 Å². The number of benzene rings is 2. The molecule has 1 aromatic heterocycles. The summed E-state index contributed by atoms with van der Waals surface area (Å²) >= 11 is 6.48. The maximum atomic E-state index is 14.2. The van der Waals surface area contributed by atoms with Crippen LogP contribution in [-0.2, 0) is 26.3 Å². The van der Waals surface area contributed by atoms with Crippen LogP contribution in [0.2, 0.25) is 5.02 Å². The lowest BCUT2D eigenvalue weighted by Crippen LogP contribution is -2.54. The lowest BCUT2D eigenvalue weighted by molar-refractivity contribution is -0.146. The molecular weight excluding hydrogens is 488 g/mol. The van der Waals surface area contributed by atoms with Crippen molar-refractivity contribution in [1.82, 2.24) is 15.2 Å². The number of carbonyl (C=O) groups is 3. The Hall–Kier alpha value is -3.16. The van der Waals surface area contributed by atoms with Crippen molar-refractivity contribution in [3.63, 3.8) is 0 Å². The summed E-state index contributed by atoms with van der Waals surface area (Å²) in [5, 5.41) is 8.18. The molecule has 1 saturated carbocycles. The lowest BCUT2D eigenvalue weighted by atomic mass is 9.76. The van der Waals surface area contributed by atoms with Gasteiger partial charge in [-0.25, -0.2) is 0 Å². The summed E-state index contributed by atoms with van der Waals surface area (Å²) in [6.07, 6.45) is 7.30. The number of nitrogens with zero attached hydrogens (tertiary/aromatic N) is 1. The maximum Gasteiger partial charge on any atom is 0.250 e. The van der Waals surface area contributed by atoms with Crippen LogP contribution in [0, 0.1) is 18.8 Å². The van der Waals surface area contributed by atoms with Gasteiger partial charge in [0.1, 0.15) is 5.54 Å². The third-order valence-corrected chi connectivity index (χ3v) is 9.29. The molecule has 4 unspecified atom stereocenters. The number of imide groups is 1. The van der Waals surface area contributed by atoms with Gasteiger partial charge in [-0.3, -0.25) is 24.6 Å². The second kappa shape index (κ2) is 8.17. The quantitative estimate of drug-likeness (QED) is 0.449. The highest BCUT2D eigenvalue weighted by atomic mass is 35.5. The molecule has 1 aliphatic carbocycles. The standard InChI is InChI=1S/C29H29ClN4O3/c1-15-11-17(30)13-20-25(15)32-28(37)29(20)24-23(26(35)34(27(24)36)18-7-3-2-4-8-18)22(33-29)12-16-14-31-21-10-6-5-9-19(16)21/h5-6,9-11,13-14,18,22-24,31,33H,2-4,7-8,12H2,1H3,(H,32,37). The Morgan fingerprint density at radius 2 is 1.84 bits per heavy atom. The number of aromatic nitrogens is 1. The normalized spacial score (nSPS) is 29.4. The van der Waals surface area contributed by atoms with Gasteiger partial charge < -0.3 is 10.3 Å². The van der Waals surface area contributed by atoms with E-state index in [9.17, 15) is 14.4 Å². The van der Waals surface area contributed by atoms with Crippen molar-refractivity contribution in [2.45, 2.75) is 63.1 Å². The molecule has 2 saturated heterocycles. The monoisotopic (exact) mass is 516 g/mol. The van der Waals surface area contributed by atoms with Crippen molar-refractivity contribution < 1.29 is 14.4 Å². The minimum absolute atomic E-state index is 0.0878. The minimum Gasteiger partial charge on any atom is -0.361 e. The minimum atomic E-state index is -1.33. The zero-order valence-corrected chi connectivity index (χ0v) is 21.4. The van der Waals surface area contributed by atoms with E-state index in [2.05, 4.69) is 21.7 Å². The summed E-state index contributed by atoms with van der Waals surface area (Å²) in [6.45, 7) is 1.90. The Kier molecular flexibility index (Phi) is 5.08. The lowest BCUT2D eigenvalue weighted by Gasteiger charge is -2.34. The Morgan fingerprint density at radius 1 is 1.05 bits per heavy atom. The van der Waals surface area contributed by atoms with Crippen LogP contribution in [0.4, 0.5) is 5.69 Å². The van der Waals surface area contributed by atoms with Gasteiger partial charge in [-0.05, 0) is 55.5 Å². The number of H-pyrrole nitrogens is 1. The van der Waals surface area contributed by atoms with Crippen molar-refractivity contribution in [3.05, 3.63) is 64.3 Å². The molecule has 2 aromatic carbocycles. The van der Waals surface area contributed by atoms with Crippen LogP contribution < -0.4 is 10.6 Å². The first-order valence-electron chi connectivity index (χ1n) is 13.2. The van der Waals surface area contributed by atoms with Gasteiger partial charge in [-0.2, -0.15) is 0 Å². The largest absolute Gasteiger partial charge is 0.361 e. The number of likely N-dealkylation sites (tertiary alicyclic amines) is 1. The summed E-state index contributed by atoms with van der Waals surface area (Å²) in [5.41, 5.74) is 2.94. The summed E-state index contributed by atoms with van der Waals surface area (Å²) in [6, 6.07) is 11.2. The molecule has 4 heterocycles. The first-order valence-corrected chi connectivity index (χ1v) is 13.6. The molecule has 4 atom stereocenters. The van der Waals surface area contributed by atoms with Crippen LogP contribution >= 0.6 is 11.6 Å². The molecule has 3 amide bonds. The van der Waals surface area contributed by atoms with E-state index in [1.165, 1.54) is 4.90 Å². The number of hydrogen-bond donors (Lipinski definition) is 3. The highest BCUT2D eigenvalue weighted by Gasteiger charge is 2.71. The van der Waals surface area contributed by atoms with E-state index in [0.29, 0.717) is 22.7 Å². The number of amides is 3. The van der Waals surface area contributed by atoms with E-state index in [0.717, 1.165) is 54.1 Å². The number of rotatable bonds is 3. The average molecular weight is 517 g/mol. The average Bonchev–Trinajstić information content (AvgIpc) is 3.60. The fourth-order valence-corrected chi connectivity index (χ4v) is 7.74. The second-order valence-corrected chi connectivity index (χ2v) is 11.5. The van der Waals surface area contributed by atoms with Crippen molar-refractivity contribution in [3.8, 4) is 0 Å². The number of anilines is 1. The van der Waals surface area contributed by atoms with Crippen molar-refractivity contribution >= 4 is 45.9 Å². The van der Waals surface area contributed by atoms with E-state index in [1.54, 1.807) is 6.07 Å². The Bertz CT molecular complexity index is 1480. The zero-order chi connectivity index (χ0) is 25.5. The fourth-order valence-electron chi connectivity index (χ4n) is 7.47. The van der Waals surface area contributed by atoms with Gasteiger partial charge in [-0.1, -0.05) is 49.1 Å². The van der Waals surface area contributed by atoms with Gasteiger partial charge in [0.2, 0.25) is 17.7 Å². The summed E-state index contributed by atoms with van der Waals surface area (Å²) in [7, 11) is 0. The Balaban J connectivity index is 1.37. The maximum absolute atomic E-state index is 14.2. The van der Waals surface area contributed by atoms with E-state index in [-0.39, 0.29) is 29.8 Å². The van der Waals surface area contributed by atoms with E-state index < -0.39 is 17.4 Å². The molecule has 4 aliphatic rings. The number of nitrogens with one attached hydrogen (secondary N) is 3. The number of carbonyl (C=O) groups excluding carboxylic acids is 3. The highest BCUT2D eigenvalue weighted by Crippen LogP contribution is 2.55. The number of para-hydroxylation sites is 1. The topological polar surface area (TPSA) is 94.3 Å². The first kappa shape index (κ1) is 23.0. The van der Waals surface area contributed by atoms with Crippen LogP contribution in [0.3, 0.4) is 0 Å². The van der Waals surface area contributed by atoms with Crippen molar-refractivity contribution in [2.24, 2.45) is 11.8 Å². The number of fused-ring (bicyclic) bond motifs is 5. The van der Waals surface area contributed by atoms with Gasteiger partial charge in [0.05, 0.1) is 11.8 Å². The third kappa shape index (κ3) is 3.13. The second-order valence-electron chi connectivity index (χ2n) is 11.1. The molecule has 0 bridgehead atoms. The SMILES string of the molecule is Cc1cc(Cl)cc2c1NC(=O)C21NC(Cc2c[nH]c3ccccc23)C2C(=O)N(C3CCCCC3)C(=O)C21. The van der Waals surface area contributed by atoms with Crippen LogP contribution in [0.1, 0.15) is 48.8 Å². The fraction of sp³-hybridized carbons (Fsp3) is 0.414. The molecule has 1 spiro atoms. The first-order chi connectivity index (χ1) is 17.9. The smallest absolute Gasteiger partial charge is 0.250 e. The van der Waals surface area contributed by atoms with Gasteiger partial charge in [-0.15, -0.1) is 0 Å². The summed E-state index contributed by atoms with van der Waals surface area (Å²) in [4.78, 5) is 47.0. The van der Waals surface area contributed by atoms with Gasteiger partial charge in [0.15, 0.2) is 0 Å². The number of hydrogen-bond acceptors (Lipinski definition) is 4. The van der Waals surface area contributed by atoms with Crippen LogP contribution in [-0.4, -0.2) is 39.7 Å². The predicted molar refractivity (Wildman–Crippen MR) is 141 cm³/mol. The van der Waals surface area contributed by atoms with Crippen LogP contribution in [0.25, 0.3) is 10.9 Å². The van der Waals surface area contributed by atoms with E-state index >= 15 is 0 Å². The number of halogens is 1. The highest BCUT2D eigenvalue weighted by molar-refractivity contribution is 6.31. The van der Waals surface area contributed by atoms with Gasteiger partial charge in [0.25, 0.3) is 0 Å². The molecule has 3 aliphatic heterocycles. The molecular formula is C29H29ClN4O3. The molecule has 8 heteroatoms. The van der Waals surface area contributed by atoms with E-state index in [1.807, 2.05) is 37.4 Å². The molecule has 3 N–H and O–H groups in total. The van der Waals surface area contributed by atoms with Crippen LogP contribution in [0.15, 0.2) is 42.6 Å². The molecule has 3 aromatic rings. The molecule has 7 rings (SSSR count). The van der Waals surface area contributed by atoms with Crippen LogP contribution in [0.5, 0.6) is 0 Å². The molecule has 3 fully saturated rings. The molecule has 37 heavy (non-hydrogen) atoms. The van der Waals surface area contributed by atoms with Crippen molar-refractivity contribution in [2.75, 3.05) is 5.32 Å². The Labute approximate surface area is 219 Å². The number of aryl methyl sites for hydroxylation is 1.